The highest BCUT2D eigenvalue weighted by Crippen LogP contribution is 2.24. The van der Waals surface area contributed by atoms with Gasteiger partial charge in [0.15, 0.2) is 5.76 Å². The summed E-state index contributed by atoms with van der Waals surface area (Å²) in [4.78, 5) is 23.4. The molecule has 0 fully saturated rings. The minimum Gasteiger partial charge on any atom is -0.459 e. The van der Waals surface area contributed by atoms with Crippen molar-refractivity contribution < 1.29 is 18.4 Å². The number of thioether (sulfide) groups is 1. The Morgan fingerprint density at radius 3 is 2.58 bits per heavy atom. The second-order valence-electron chi connectivity index (χ2n) is 5.52. The third-order valence-electron chi connectivity index (χ3n) is 3.26. The molecule has 0 unspecified atom stereocenters. The standard InChI is InChI=1S/C17H16N4O4S/c1-10-6-11(2)8-12(7-10)16-20-21-17(25-16)26-9-14(22)18-19-15(23)13-4-3-5-24-13/h3-8H,9H2,1-2H3,(H,18,22)(H,19,23). The lowest BCUT2D eigenvalue weighted by atomic mass is 10.1. The van der Waals surface area contributed by atoms with Crippen LogP contribution in [0.15, 0.2) is 50.7 Å². The lowest BCUT2D eigenvalue weighted by Crippen LogP contribution is -2.42. The van der Waals surface area contributed by atoms with Crippen molar-refractivity contribution in [1.82, 2.24) is 21.0 Å². The molecule has 0 radical (unpaired) electrons. The molecule has 1 aromatic carbocycles. The lowest BCUT2D eigenvalue weighted by Gasteiger charge is -2.04. The zero-order valence-electron chi connectivity index (χ0n) is 14.1. The summed E-state index contributed by atoms with van der Waals surface area (Å²) in [6, 6.07) is 9.02. The molecule has 8 nitrogen and oxygen atoms in total. The number of carbonyl (C=O) groups is 2. The van der Waals surface area contributed by atoms with Crippen LogP contribution in [0.5, 0.6) is 0 Å². The maximum atomic E-state index is 11.8. The van der Waals surface area contributed by atoms with Crippen molar-refractivity contribution >= 4 is 23.6 Å². The minimum atomic E-state index is -0.539. The highest BCUT2D eigenvalue weighted by Gasteiger charge is 2.13. The van der Waals surface area contributed by atoms with Crippen molar-refractivity contribution in [1.29, 1.82) is 0 Å². The summed E-state index contributed by atoms with van der Waals surface area (Å²) in [6.07, 6.45) is 1.37. The maximum Gasteiger partial charge on any atom is 0.305 e. The minimum absolute atomic E-state index is 0.00686. The molecule has 9 heteroatoms. The normalized spacial score (nSPS) is 10.5. The quantitative estimate of drug-likeness (QED) is 0.523. The summed E-state index contributed by atoms with van der Waals surface area (Å²) < 4.78 is 10.5. The number of aromatic nitrogens is 2. The van der Waals surface area contributed by atoms with Crippen LogP contribution in [-0.2, 0) is 4.79 Å². The van der Waals surface area contributed by atoms with Crippen LogP contribution >= 0.6 is 11.8 Å². The van der Waals surface area contributed by atoms with Crippen molar-refractivity contribution in [2.75, 3.05) is 5.75 Å². The fraction of sp³-hybridized carbons (Fsp3) is 0.176. The zero-order valence-corrected chi connectivity index (χ0v) is 14.9. The van der Waals surface area contributed by atoms with Crippen LogP contribution in [-0.4, -0.2) is 27.8 Å². The monoisotopic (exact) mass is 372 g/mol. The highest BCUT2D eigenvalue weighted by molar-refractivity contribution is 7.99. The Labute approximate surface area is 153 Å². The van der Waals surface area contributed by atoms with Gasteiger partial charge in [-0.1, -0.05) is 29.0 Å². The summed E-state index contributed by atoms with van der Waals surface area (Å²) >= 11 is 1.07. The molecule has 0 aliphatic rings. The molecule has 2 N–H and O–H groups in total. The van der Waals surface area contributed by atoms with Crippen LogP contribution in [0, 0.1) is 13.8 Å². The van der Waals surface area contributed by atoms with Gasteiger partial charge < -0.3 is 8.83 Å². The van der Waals surface area contributed by atoms with E-state index >= 15 is 0 Å². The molecule has 0 spiro atoms. The second kappa shape index (κ2) is 7.87. The number of carbonyl (C=O) groups excluding carboxylic acids is 2. The summed E-state index contributed by atoms with van der Waals surface area (Å²) in [5, 5.41) is 8.20. The van der Waals surface area contributed by atoms with E-state index in [1.807, 2.05) is 26.0 Å². The number of nitrogens with one attached hydrogen (secondary N) is 2. The van der Waals surface area contributed by atoms with E-state index in [1.165, 1.54) is 12.3 Å². The third-order valence-corrected chi connectivity index (χ3v) is 4.08. The molecule has 0 saturated carbocycles. The van der Waals surface area contributed by atoms with Gasteiger partial charge in [-0.3, -0.25) is 20.4 Å². The topological polar surface area (TPSA) is 110 Å². The van der Waals surface area contributed by atoms with E-state index in [2.05, 4.69) is 27.1 Å². The Bertz CT molecular complexity index is 901. The Balaban J connectivity index is 1.51. The molecule has 0 aliphatic heterocycles. The van der Waals surface area contributed by atoms with Gasteiger partial charge >= 0.3 is 5.91 Å². The first-order chi connectivity index (χ1) is 12.5. The Kier molecular flexibility index (Phi) is 5.37. The van der Waals surface area contributed by atoms with Crippen molar-refractivity contribution in [3.63, 3.8) is 0 Å². The molecule has 2 amide bonds. The molecule has 3 rings (SSSR count). The first kappa shape index (κ1) is 17.7. The number of aryl methyl sites for hydroxylation is 2. The fourth-order valence-electron chi connectivity index (χ4n) is 2.24. The van der Waals surface area contributed by atoms with Gasteiger partial charge in [-0.15, -0.1) is 10.2 Å². The lowest BCUT2D eigenvalue weighted by molar-refractivity contribution is -0.119. The average molecular weight is 372 g/mol. The number of hydrogen-bond donors (Lipinski definition) is 2. The predicted molar refractivity (Wildman–Crippen MR) is 94.2 cm³/mol. The number of hydrogen-bond acceptors (Lipinski definition) is 7. The molecule has 3 aromatic rings. The Hall–Kier alpha value is -3.07. The molecular weight excluding hydrogens is 356 g/mol. The van der Waals surface area contributed by atoms with Gasteiger partial charge in [-0.2, -0.15) is 0 Å². The largest absolute Gasteiger partial charge is 0.459 e. The molecule has 134 valence electrons. The van der Waals surface area contributed by atoms with Gasteiger partial charge in [0.1, 0.15) is 0 Å². The van der Waals surface area contributed by atoms with E-state index in [0.29, 0.717) is 5.89 Å². The number of amides is 2. The summed E-state index contributed by atoms with van der Waals surface area (Å²) in [7, 11) is 0. The molecule has 0 aliphatic carbocycles. The smallest absolute Gasteiger partial charge is 0.305 e. The number of furan rings is 1. The molecule has 2 aromatic heterocycles. The molecule has 2 heterocycles. The van der Waals surface area contributed by atoms with E-state index < -0.39 is 11.8 Å². The number of benzene rings is 1. The SMILES string of the molecule is Cc1cc(C)cc(-c2nnc(SCC(=O)NNC(=O)c3ccco3)o2)c1. The zero-order chi connectivity index (χ0) is 18.5. The number of nitrogens with zero attached hydrogens (tertiary/aromatic N) is 2. The van der Waals surface area contributed by atoms with Crippen LogP contribution in [0.1, 0.15) is 21.7 Å². The summed E-state index contributed by atoms with van der Waals surface area (Å²) in [6.45, 7) is 3.98. The summed E-state index contributed by atoms with van der Waals surface area (Å²) in [5.74, 6) is -0.449. The van der Waals surface area contributed by atoms with Crippen molar-refractivity contribution in [2.24, 2.45) is 0 Å². The van der Waals surface area contributed by atoms with E-state index in [-0.39, 0.29) is 16.7 Å². The van der Waals surface area contributed by atoms with E-state index in [0.717, 1.165) is 28.5 Å². The van der Waals surface area contributed by atoms with Gasteiger partial charge in [-0.05, 0) is 38.1 Å². The van der Waals surface area contributed by atoms with E-state index in [4.69, 9.17) is 8.83 Å². The average Bonchev–Trinajstić information content (AvgIpc) is 3.28. The van der Waals surface area contributed by atoms with Gasteiger partial charge in [-0.25, -0.2) is 0 Å². The van der Waals surface area contributed by atoms with Crippen LogP contribution in [0.2, 0.25) is 0 Å². The number of hydrazine groups is 1. The van der Waals surface area contributed by atoms with Crippen LogP contribution < -0.4 is 10.9 Å². The van der Waals surface area contributed by atoms with Gasteiger partial charge in [0.05, 0.1) is 12.0 Å². The third kappa shape index (κ3) is 4.51. The molecule has 26 heavy (non-hydrogen) atoms. The first-order valence-electron chi connectivity index (χ1n) is 7.69. The van der Waals surface area contributed by atoms with Crippen LogP contribution in [0.4, 0.5) is 0 Å². The summed E-state index contributed by atoms with van der Waals surface area (Å²) in [5.41, 5.74) is 7.56. The van der Waals surface area contributed by atoms with Gasteiger partial charge in [0.25, 0.3) is 5.22 Å². The predicted octanol–water partition coefficient (Wildman–Crippen LogP) is 2.50. The van der Waals surface area contributed by atoms with Crippen LogP contribution in [0.25, 0.3) is 11.5 Å². The van der Waals surface area contributed by atoms with Crippen molar-refractivity contribution in [3.8, 4) is 11.5 Å². The molecule has 0 atom stereocenters. The maximum absolute atomic E-state index is 11.8. The Morgan fingerprint density at radius 1 is 1.12 bits per heavy atom. The van der Waals surface area contributed by atoms with Crippen LogP contribution in [0.3, 0.4) is 0 Å². The van der Waals surface area contributed by atoms with E-state index in [9.17, 15) is 9.59 Å². The highest BCUT2D eigenvalue weighted by atomic mass is 32.2. The second-order valence-corrected chi connectivity index (χ2v) is 6.44. The molecule has 0 saturated heterocycles. The van der Waals surface area contributed by atoms with Crippen molar-refractivity contribution in [2.45, 2.75) is 19.1 Å². The van der Waals surface area contributed by atoms with E-state index in [1.54, 1.807) is 6.07 Å². The molecule has 0 bridgehead atoms. The van der Waals surface area contributed by atoms with Gasteiger partial charge in [0, 0.05) is 5.56 Å². The van der Waals surface area contributed by atoms with Crippen molar-refractivity contribution in [3.05, 3.63) is 53.5 Å². The first-order valence-corrected chi connectivity index (χ1v) is 8.67. The fourth-order valence-corrected chi connectivity index (χ4v) is 2.81. The Morgan fingerprint density at radius 2 is 1.88 bits per heavy atom. The van der Waals surface area contributed by atoms with Gasteiger partial charge in [0.2, 0.25) is 11.8 Å². The number of rotatable bonds is 5. The molecular formula is C17H16N4O4S.